The van der Waals surface area contributed by atoms with E-state index in [1.807, 2.05) is 18.3 Å². The molecule has 0 spiro atoms. The highest BCUT2D eigenvalue weighted by atomic mass is 19.4. The molecule has 5 aromatic rings. The third kappa shape index (κ3) is 3.75. The van der Waals surface area contributed by atoms with Crippen molar-refractivity contribution in [1.29, 1.82) is 0 Å². The van der Waals surface area contributed by atoms with Gasteiger partial charge in [0.15, 0.2) is 0 Å². The Morgan fingerprint density at radius 1 is 1.10 bits per heavy atom. The number of carbonyl (C=O) groups excluding carboxylic acids is 1. The summed E-state index contributed by atoms with van der Waals surface area (Å²) in [6, 6.07) is 6.22. The summed E-state index contributed by atoms with van der Waals surface area (Å²) in [5.74, 6) is 0.198. The number of alkyl halides is 3. The third-order valence-electron chi connectivity index (χ3n) is 7.47. The average molecular weight is 535 g/mol. The Morgan fingerprint density at radius 3 is 2.67 bits per heavy atom. The molecule has 0 unspecified atom stereocenters. The molecule has 1 aromatic carbocycles. The average Bonchev–Trinajstić information content (AvgIpc) is 3.83. The van der Waals surface area contributed by atoms with Crippen molar-refractivity contribution in [2.45, 2.75) is 43.3 Å². The molecule has 7 rings (SSSR count). The molecule has 0 radical (unpaired) electrons. The number of hydrogen-bond acceptors (Lipinski definition) is 7. The minimum Gasteiger partial charge on any atom is -0.383 e. The fourth-order valence-corrected chi connectivity index (χ4v) is 5.11. The number of hydrogen-bond donors (Lipinski definition) is 3. The largest absolute Gasteiger partial charge is 0.400 e. The molecular weight excluding hydrogens is 513 g/mol. The molecule has 2 saturated carbocycles. The minimum absolute atomic E-state index is 0.0584. The van der Waals surface area contributed by atoms with Gasteiger partial charge in [0, 0.05) is 41.6 Å². The Hall–Kier alpha value is -4.68. The summed E-state index contributed by atoms with van der Waals surface area (Å²) in [4.78, 5) is 25.7. The summed E-state index contributed by atoms with van der Waals surface area (Å²) in [5.41, 5.74) is 7.00. The number of pyridine rings is 1. The zero-order chi connectivity index (χ0) is 26.9. The standard InChI is InChI=1S/C26H21F3N8O2/c27-26(28,29)25(6-7-25)19-9-20(39-36-19)35-24(38)34-18-4-3-14(15-5-8-31-10-16(15)18)17-11-37(13-1-2-13)23-21(17)22(30)32-12-33-23/h3-5,8-13H,1-2,6-7H2,(H2,30,32,33)(H2,34,35,38). The Bertz CT molecular complexity index is 1770. The first-order chi connectivity index (χ1) is 18.7. The lowest BCUT2D eigenvalue weighted by atomic mass is 9.98. The summed E-state index contributed by atoms with van der Waals surface area (Å²) in [6.07, 6.45) is 4.37. The zero-order valence-electron chi connectivity index (χ0n) is 20.3. The van der Waals surface area contributed by atoms with Crippen LogP contribution in [0, 0.1) is 0 Å². The second kappa shape index (κ2) is 8.16. The number of nitrogens with zero attached hydrogens (tertiary/aromatic N) is 5. The lowest BCUT2D eigenvalue weighted by Gasteiger charge is -2.15. The van der Waals surface area contributed by atoms with E-state index in [1.165, 1.54) is 6.33 Å². The summed E-state index contributed by atoms with van der Waals surface area (Å²) < 4.78 is 47.3. The van der Waals surface area contributed by atoms with Gasteiger partial charge in [-0.3, -0.25) is 10.3 Å². The number of anilines is 3. The van der Waals surface area contributed by atoms with Gasteiger partial charge in [-0.1, -0.05) is 11.2 Å². The van der Waals surface area contributed by atoms with E-state index in [-0.39, 0.29) is 24.4 Å². The maximum atomic E-state index is 13.4. The Morgan fingerprint density at radius 2 is 1.92 bits per heavy atom. The second-order valence-corrected chi connectivity index (χ2v) is 9.96. The molecule has 0 saturated heterocycles. The molecule has 13 heteroatoms. The van der Waals surface area contributed by atoms with E-state index in [0.717, 1.165) is 46.5 Å². The maximum Gasteiger partial charge on any atom is 0.400 e. The van der Waals surface area contributed by atoms with Crippen molar-refractivity contribution < 1.29 is 22.5 Å². The molecule has 0 aliphatic heterocycles. The Kier molecular flexibility index (Phi) is 4.90. The molecule has 2 amide bonds. The van der Waals surface area contributed by atoms with Gasteiger partial charge in [0.25, 0.3) is 0 Å². The normalized spacial score (nSPS) is 16.5. The highest BCUT2D eigenvalue weighted by Gasteiger charge is 2.66. The van der Waals surface area contributed by atoms with Crippen LogP contribution in [0.15, 0.2) is 53.7 Å². The molecule has 2 aliphatic rings. The predicted octanol–water partition coefficient (Wildman–Crippen LogP) is 5.79. The number of rotatable bonds is 5. The highest BCUT2D eigenvalue weighted by Crippen LogP contribution is 2.58. The molecular formula is C26H21F3N8O2. The smallest absolute Gasteiger partial charge is 0.383 e. The van der Waals surface area contributed by atoms with E-state index in [1.54, 1.807) is 18.5 Å². The third-order valence-corrected chi connectivity index (χ3v) is 7.47. The van der Waals surface area contributed by atoms with Crippen LogP contribution in [0.5, 0.6) is 0 Å². The number of aromatic nitrogens is 5. The van der Waals surface area contributed by atoms with Crippen LogP contribution in [0.4, 0.5) is 35.4 Å². The number of nitrogen functional groups attached to an aromatic ring is 1. The van der Waals surface area contributed by atoms with Crippen LogP contribution in [0.3, 0.4) is 0 Å². The number of carbonyl (C=O) groups is 1. The first-order valence-corrected chi connectivity index (χ1v) is 12.4. The molecule has 198 valence electrons. The van der Waals surface area contributed by atoms with E-state index >= 15 is 0 Å². The van der Waals surface area contributed by atoms with Crippen LogP contribution < -0.4 is 16.4 Å². The molecule has 0 bridgehead atoms. The zero-order valence-corrected chi connectivity index (χ0v) is 20.3. The van der Waals surface area contributed by atoms with E-state index in [4.69, 9.17) is 10.3 Å². The van der Waals surface area contributed by atoms with Crippen molar-refractivity contribution in [2.24, 2.45) is 0 Å². The van der Waals surface area contributed by atoms with Gasteiger partial charge in [-0.25, -0.2) is 14.8 Å². The molecule has 0 atom stereocenters. The summed E-state index contributed by atoms with van der Waals surface area (Å²) >= 11 is 0. The molecule has 4 heterocycles. The van der Waals surface area contributed by atoms with Gasteiger partial charge in [-0.2, -0.15) is 13.2 Å². The topological polar surface area (TPSA) is 137 Å². The number of benzene rings is 1. The number of nitrogens with two attached hydrogens (primary N) is 1. The van der Waals surface area contributed by atoms with Crippen molar-refractivity contribution in [3.63, 3.8) is 0 Å². The molecule has 2 fully saturated rings. The van der Waals surface area contributed by atoms with Crippen molar-refractivity contribution in [3.8, 4) is 11.1 Å². The first kappa shape index (κ1) is 23.4. The van der Waals surface area contributed by atoms with Crippen LogP contribution >= 0.6 is 0 Å². The van der Waals surface area contributed by atoms with Crippen molar-refractivity contribution >= 4 is 45.2 Å². The van der Waals surface area contributed by atoms with Crippen LogP contribution in [0.1, 0.15) is 37.4 Å². The molecule has 4 aromatic heterocycles. The summed E-state index contributed by atoms with van der Waals surface area (Å²) in [5, 5.41) is 10.9. The monoisotopic (exact) mass is 534 g/mol. The van der Waals surface area contributed by atoms with Crippen LogP contribution in [-0.2, 0) is 5.41 Å². The van der Waals surface area contributed by atoms with Crippen molar-refractivity contribution in [1.82, 2.24) is 24.7 Å². The van der Waals surface area contributed by atoms with Crippen molar-refractivity contribution in [3.05, 3.63) is 54.9 Å². The van der Waals surface area contributed by atoms with Crippen LogP contribution in [0.2, 0.25) is 0 Å². The Balaban J connectivity index is 1.20. The van der Waals surface area contributed by atoms with Gasteiger partial charge in [-0.05, 0) is 48.8 Å². The quantitative estimate of drug-likeness (QED) is 0.260. The number of urea groups is 1. The van der Waals surface area contributed by atoms with Gasteiger partial charge in [0.1, 0.15) is 28.9 Å². The number of nitrogens with one attached hydrogen (secondary N) is 2. The fourth-order valence-electron chi connectivity index (χ4n) is 5.11. The SMILES string of the molecule is Nc1ncnc2c1c(-c1ccc(NC(=O)Nc3cc(C4(C(F)(F)F)CC4)no3)c3cnccc13)cn2C1CC1. The highest BCUT2D eigenvalue weighted by molar-refractivity contribution is 6.12. The van der Waals surface area contributed by atoms with Crippen molar-refractivity contribution in [2.75, 3.05) is 16.4 Å². The molecule has 39 heavy (non-hydrogen) atoms. The lowest BCUT2D eigenvalue weighted by Crippen LogP contribution is -2.28. The summed E-state index contributed by atoms with van der Waals surface area (Å²) in [6.45, 7) is 0. The van der Waals surface area contributed by atoms with E-state index in [2.05, 4.69) is 35.3 Å². The second-order valence-electron chi connectivity index (χ2n) is 9.96. The number of fused-ring (bicyclic) bond motifs is 2. The lowest BCUT2D eigenvalue weighted by molar-refractivity contribution is -0.161. The maximum absolute atomic E-state index is 13.4. The molecule has 4 N–H and O–H groups in total. The van der Waals surface area contributed by atoms with E-state index in [9.17, 15) is 18.0 Å². The minimum atomic E-state index is -4.43. The van der Waals surface area contributed by atoms with E-state index < -0.39 is 17.6 Å². The van der Waals surface area contributed by atoms with Gasteiger partial charge < -0.3 is 20.1 Å². The van der Waals surface area contributed by atoms with Gasteiger partial charge in [0.2, 0.25) is 5.88 Å². The fraction of sp³-hybridized carbons (Fsp3) is 0.269. The Labute approximate surface area is 218 Å². The molecule has 2 aliphatic carbocycles. The first-order valence-electron chi connectivity index (χ1n) is 12.4. The van der Waals surface area contributed by atoms with Gasteiger partial charge >= 0.3 is 12.2 Å². The number of amides is 2. The predicted molar refractivity (Wildman–Crippen MR) is 137 cm³/mol. The number of halogens is 3. The summed E-state index contributed by atoms with van der Waals surface area (Å²) in [7, 11) is 0. The van der Waals surface area contributed by atoms with Crippen LogP contribution in [-0.4, -0.2) is 36.9 Å². The van der Waals surface area contributed by atoms with E-state index in [0.29, 0.717) is 22.9 Å². The van der Waals surface area contributed by atoms with Gasteiger partial charge in [-0.15, -0.1) is 0 Å². The van der Waals surface area contributed by atoms with Gasteiger partial charge in [0.05, 0.1) is 11.1 Å². The van der Waals surface area contributed by atoms with Crippen LogP contribution in [0.25, 0.3) is 32.9 Å². The molecule has 10 nitrogen and oxygen atoms in total.